The largest absolute Gasteiger partial charge is 0.326 e. The van der Waals surface area contributed by atoms with Crippen molar-refractivity contribution < 1.29 is 14.4 Å². The van der Waals surface area contributed by atoms with Crippen molar-refractivity contribution in [2.75, 3.05) is 5.32 Å². The van der Waals surface area contributed by atoms with Crippen LogP contribution in [0.2, 0.25) is 0 Å². The number of anilines is 1. The van der Waals surface area contributed by atoms with Gasteiger partial charge < -0.3 is 5.32 Å². The van der Waals surface area contributed by atoms with Gasteiger partial charge in [0.2, 0.25) is 5.91 Å². The zero-order valence-corrected chi connectivity index (χ0v) is 21.6. The molecule has 34 heavy (non-hydrogen) atoms. The molecule has 0 saturated carbocycles. The van der Waals surface area contributed by atoms with Gasteiger partial charge >= 0.3 is 0 Å². The summed E-state index contributed by atoms with van der Waals surface area (Å²) in [6.07, 6.45) is 6.08. The van der Waals surface area contributed by atoms with Crippen LogP contribution in [0.5, 0.6) is 0 Å². The fourth-order valence-corrected chi connectivity index (χ4v) is 5.66. The molecule has 1 amide bonds. The third-order valence-corrected chi connectivity index (χ3v) is 7.24. The molecule has 6 nitrogen and oxygen atoms in total. The fraction of sp³-hybridized carbons (Fsp3) is 0.423. The highest BCUT2D eigenvalue weighted by Gasteiger charge is 2.20. The zero-order valence-electron chi connectivity index (χ0n) is 19.9. The van der Waals surface area contributed by atoms with Crippen molar-refractivity contribution in [2.45, 2.75) is 65.7 Å². The van der Waals surface area contributed by atoms with Crippen LogP contribution in [0.25, 0.3) is 10.0 Å². The molecule has 0 saturated heterocycles. The van der Waals surface area contributed by atoms with E-state index in [1.54, 1.807) is 17.5 Å². The molecular weight excluding hydrogens is 466 g/mol. The second-order valence-corrected chi connectivity index (χ2v) is 10.7. The molecule has 8 heteroatoms. The Hall–Kier alpha value is -2.71. The molecule has 0 radical (unpaired) electrons. The van der Waals surface area contributed by atoms with Crippen LogP contribution in [-0.4, -0.2) is 27.4 Å². The van der Waals surface area contributed by atoms with Crippen molar-refractivity contribution in [2.24, 2.45) is 5.92 Å². The summed E-state index contributed by atoms with van der Waals surface area (Å²) >= 11 is 3.11. The number of carbonyl (C=O) groups excluding carboxylic acids is 3. The molecule has 180 valence electrons. The molecule has 1 N–H and O–H groups in total. The van der Waals surface area contributed by atoms with Crippen LogP contribution in [0.3, 0.4) is 0 Å². The van der Waals surface area contributed by atoms with E-state index in [1.165, 1.54) is 18.3 Å². The van der Waals surface area contributed by atoms with Crippen molar-refractivity contribution in [3.05, 3.63) is 52.0 Å². The van der Waals surface area contributed by atoms with Crippen LogP contribution in [0, 0.1) is 5.92 Å². The summed E-state index contributed by atoms with van der Waals surface area (Å²) in [5, 5.41) is 6.36. The van der Waals surface area contributed by atoms with E-state index in [0.29, 0.717) is 36.6 Å². The number of para-hydroxylation sites is 1. The Kier molecular flexibility index (Phi) is 9.65. The number of carbonyl (C=O) groups is 3. The summed E-state index contributed by atoms with van der Waals surface area (Å²) in [7, 11) is 0. The predicted octanol–water partition coefficient (Wildman–Crippen LogP) is 6.37. The van der Waals surface area contributed by atoms with E-state index in [0.717, 1.165) is 46.1 Å². The van der Waals surface area contributed by atoms with Gasteiger partial charge in [0.05, 0.1) is 0 Å². The summed E-state index contributed by atoms with van der Waals surface area (Å²) in [5.41, 5.74) is 2.11. The van der Waals surface area contributed by atoms with E-state index in [-0.39, 0.29) is 17.5 Å². The monoisotopic (exact) mass is 497 g/mol. The first kappa shape index (κ1) is 25.9. The average molecular weight is 498 g/mol. The Bertz CT molecular complexity index is 1120. The van der Waals surface area contributed by atoms with Crippen molar-refractivity contribution in [1.82, 2.24) is 9.97 Å². The molecule has 0 aliphatic rings. The van der Waals surface area contributed by atoms with Gasteiger partial charge in [-0.25, -0.2) is 9.97 Å². The number of benzene rings is 1. The Labute approximate surface area is 208 Å². The minimum absolute atomic E-state index is 0.0743. The number of aromatic nitrogens is 2. The molecule has 0 spiro atoms. The number of nitrogens with zero attached hydrogens (tertiary/aromatic N) is 2. The minimum Gasteiger partial charge on any atom is -0.326 e. The van der Waals surface area contributed by atoms with Crippen molar-refractivity contribution in [1.29, 1.82) is 0 Å². The maximum Gasteiger partial charge on any atom is 0.221 e. The van der Waals surface area contributed by atoms with Gasteiger partial charge in [-0.3, -0.25) is 14.4 Å². The van der Waals surface area contributed by atoms with Crippen molar-refractivity contribution in [3.63, 3.8) is 0 Å². The topological polar surface area (TPSA) is 89.0 Å². The van der Waals surface area contributed by atoms with E-state index < -0.39 is 0 Å². The SMILES string of the molecule is CC(=O)Nc1ccccc1CC(=O)CCCCCC(=O)c1nc(-c2nccs2)sc1CC(C)C. The number of ketones is 2. The van der Waals surface area contributed by atoms with Crippen LogP contribution < -0.4 is 5.32 Å². The zero-order chi connectivity index (χ0) is 24.5. The highest BCUT2D eigenvalue weighted by molar-refractivity contribution is 7.20. The standard InChI is InChI=1S/C26H31N3O3S2/c1-17(2)15-23-24(29-26(34-23)25-27-13-14-33-25)22(32)12-6-4-5-10-20(31)16-19-9-7-8-11-21(19)28-18(3)30/h7-9,11,13-14,17H,4-6,10,12,15-16H2,1-3H3,(H,28,30). The lowest BCUT2D eigenvalue weighted by Crippen LogP contribution is -2.10. The fourth-order valence-electron chi connectivity index (χ4n) is 3.69. The van der Waals surface area contributed by atoms with Gasteiger partial charge in [0, 0.05) is 48.3 Å². The van der Waals surface area contributed by atoms with Crippen molar-refractivity contribution >= 4 is 45.8 Å². The Morgan fingerprint density at radius 3 is 2.50 bits per heavy atom. The quantitative estimate of drug-likeness (QED) is 0.219. The molecule has 0 fully saturated rings. The second-order valence-electron chi connectivity index (χ2n) is 8.76. The third kappa shape index (κ3) is 7.67. The first-order chi connectivity index (χ1) is 16.3. The molecule has 2 aromatic heterocycles. The molecule has 3 aromatic rings. The van der Waals surface area contributed by atoms with Crippen LogP contribution in [0.15, 0.2) is 35.8 Å². The van der Waals surface area contributed by atoms with Crippen LogP contribution in [0.4, 0.5) is 5.69 Å². The number of Topliss-reactive ketones (excluding diaryl/α,β-unsaturated/α-hetero) is 2. The number of thiazole rings is 2. The number of hydrogen-bond donors (Lipinski definition) is 1. The van der Waals surface area contributed by atoms with Gasteiger partial charge in [-0.05, 0) is 36.8 Å². The first-order valence-corrected chi connectivity index (χ1v) is 13.3. The Morgan fingerprint density at radius 2 is 1.79 bits per heavy atom. The van der Waals surface area contributed by atoms with E-state index in [1.807, 2.05) is 29.6 Å². The molecule has 3 rings (SSSR count). The summed E-state index contributed by atoms with van der Waals surface area (Å²) < 4.78 is 0. The summed E-state index contributed by atoms with van der Waals surface area (Å²) in [5.74, 6) is 0.499. The normalized spacial score (nSPS) is 11.1. The number of nitrogens with one attached hydrogen (secondary N) is 1. The molecule has 0 bridgehead atoms. The highest BCUT2D eigenvalue weighted by Crippen LogP contribution is 2.32. The van der Waals surface area contributed by atoms with Crippen LogP contribution in [-0.2, 0) is 22.4 Å². The van der Waals surface area contributed by atoms with Gasteiger partial charge in [0.25, 0.3) is 0 Å². The average Bonchev–Trinajstić information content (AvgIpc) is 3.44. The van der Waals surface area contributed by atoms with Crippen molar-refractivity contribution in [3.8, 4) is 10.0 Å². The lowest BCUT2D eigenvalue weighted by molar-refractivity contribution is -0.118. The first-order valence-electron chi connectivity index (χ1n) is 11.6. The van der Waals surface area contributed by atoms with E-state index in [2.05, 4.69) is 29.1 Å². The van der Waals surface area contributed by atoms with Gasteiger partial charge in [0.1, 0.15) is 11.5 Å². The number of unbranched alkanes of at least 4 members (excludes halogenated alkanes) is 2. The minimum atomic E-state index is -0.153. The predicted molar refractivity (Wildman–Crippen MR) is 139 cm³/mol. The van der Waals surface area contributed by atoms with Gasteiger partial charge in [-0.2, -0.15) is 0 Å². The molecule has 0 atom stereocenters. The summed E-state index contributed by atoms with van der Waals surface area (Å²) in [6.45, 7) is 5.74. The highest BCUT2D eigenvalue weighted by atomic mass is 32.1. The van der Waals surface area contributed by atoms with Gasteiger partial charge in [-0.1, -0.05) is 38.5 Å². The molecular formula is C26H31N3O3S2. The molecule has 0 unspecified atom stereocenters. The number of amides is 1. The third-order valence-electron chi connectivity index (χ3n) is 5.25. The van der Waals surface area contributed by atoms with Gasteiger partial charge in [-0.15, -0.1) is 22.7 Å². The number of hydrogen-bond acceptors (Lipinski definition) is 7. The lowest BCUT2D eigenvalue weighted by Gasteiger charge is -2.09. The van der Waals surface area contributed by atoms with Gasteiger partial charge in [0.15, 0.2) is 15.8 Å². The Balaban J connectivity index is 1.48. The molecule has 0 aliphatic carbocycles. The maximum atomic E-state index is 12.9. The van der Waals surface area contributed by atoms with Crippen LogP contribution >= 0.6 is 22.7 Å². The summed E-state index contributed by atoms with van der Waals surface area (Å²) in [4.78, 5) is 46.7. The lowest BCUT2D eigenvalue weighted by atomic mass is 10.0. The van der Waals surface area contributed by atoms with E-state index in [4.69, 9.17) is 0 Å². The number of rotatable bonds is 13. The second kappa shape index (κ2) is 12.7. The Morgan fingerprint density at radius 1 is 1.03 bits per heavy atom. The van der Waals surface area contributed by atoms with E-state index >= 15 is 0 Å². The molecule has 2 heterocycles. The van der Waals surface area contributed by atoms with E-state index in [9.17, 15) is 14.4 Å². The molecule has 0 aliphatic heterocycles. The maximum absolute atomic E-state index is 12.9. The van der Waals surface area contributed by atoms with Crippen LogP contribution in [0.1, 0.15) is 73.8 Å². The smallest absolute Gasteiger partial charge is 0.221 e. The summed E-state index contributed by atoms with van der Waals surface area (Å²) in [6, 6.07) is 7.38. The molecule has 1 aromatic carbocycles.